The van der Waals surface area contributed by atoms with Crippen molar-refractivity contribution in [2.75, 3.05) is 18.7 Å². The Labute approximate surface area is 168 Å². The fraction of sp³-hybridized carbons (Fsp3) is 0.130. The number of nitrogens with one attached hydrogen (secondary N) is 2. The minimum Gasteiger partial charge on any atom is -0.454 e. The van der Waals surface area contributed by atoms with Gasteiger partial charge in [0.2, 0.25) is 6.79 Å². The van der Waals surface area contributed by atoms with E-state index in [2.05, 4.69) is 21.9 Å². The molecular formula is C23H21N3O3. The molecule has 0 bridgehead atoms. The number of carbonyl (C=O) groups excluding carboxylic acids is 1. The molecule has 1 aliphatic rings. The maximum atomic E-state index is 12.1. The molecule has 3 aromatic rings. The molecule has 0 aliphatic carbocycles. The van der Waals surface area contributed by atoms with E-state index in [0.29, 0.717) is 5.71 Å². The zero-order chi connectivity index (χ0) is 20.1. The zero-order valence-corrected chi connectivity index (χ0v) is 16.0. The summed E-state index contributed by atoms with van der Waals surface area (Å²) >= 11 is 0. The second kappa shape index (κ2) is 8.48. The molecule has 0 saturated carbocycles. The third-order valence-electron chi connectivity index (χ3n) is 4.47. The van der Waals surface area contributed by atoms with Crippen LogP contribution in [-0.2, 0) is 4.79 Å². The molecule has 2 N–H and O–H groups in total. The van der Waals surface area contributed by atoms with Gasteiger partial charge < -0.3 is 14.8 Å². The quantitative estimate of drug-likeness (QED) is 0.492. The summed E-state index contributed by atoms with van der Waals surface area (Å²) in [7, 11) is 0. The van der Waals surface area contributed by atoms with E-state index in [9.17, 15) is 4.79 Å². The Morgan fingerprint density at radius 1 is 1.03 bits per heavy atom. The molecule has 1 heterocycles. The molecule has 0 radical (unpaired) electrons. The molecule has 0 fully saturated rings. The van der Waals surface area contributed by atoms with E-state index >= 15 is 0 Å². The number of fused-ring (bicyclic) bond motifs is 2. The van der Waals surface area contributed by atoms with E-state index in [1.165, 1.54) is 0 Å². The third-order valence-corrected chi connectivity index (χ3v) is 4.47. The largest absolute Gasteiger partial charge is 0.454 e. The van der Waals surface area contributed by atoms with Gasteiger partial charge in [-0.2, -0.15) is 5.10 Å². The van der Waals surface area contributed by atoms with Crippen molar-refractivity contribution in [3.8, 4) is 11.5 Å². The van der Waals surface area contributed by atoms with Crippen molar-refractivity contribution in [2.24, 2.45) is 5.10 Å². The Morgan fingerprint density at radius 3 is 2.76 bits per heavy atom. The van der Waals surface area contributed by atoms with E-state index in [-0.39, 0.29) is 19.2 Å². The Bertz CT molecular complexity index is 1110. The minimum atomic E-state index is -0.214. The van der Waals surface area contributed by atoms with E-state index in [1.54, 1.807) is 0 Å². The molecular weight excluding hydrogens is 366 g/mol. The average Bonchev–Trinajstić information content (AvgIpc) is 3.22. The first-order chi connectivity index (χ1) is 14.2. The van der Waals surface area contributed by atoms with Crippen LogP contribution in [-0.4, -0.2) is 25.0 Å². The van der Waals surface area contributed by atoms with E-state index < -0.39 is 0 Å². The molecule has 0 unspecified atom stereocenters. The van der Waals surface area contributed by atoms with E-state index in [0.717, 1.165) is 33.5 Å². The Kier molecular flexibility index (Phi) is 5.42. The first kappa shape index (κ1) is 18.6. The highest BCUT2D eigenvalue weighted by Crippen LogP contribution is 2.32. The van der Waals surface area contributed by atoms with Gasteiger partial charge in [0.1, 0.15) is 0 Å². The third kappa shape index (κ3) is 4.73. The van der Waals surface area contributed by atoms with Crippen molar-refractivity contribution in [3.05, 3.63) is 72.3 Å². The first-order valence-corrected chi connectivity index (χ1v) is 9.31. The Morgan fingerprint density at radius 2 is 1.86 bits per heavy atom. The SMILES string of the molecule is CC(/C=C/c1ccc2c(c1)OCO2)=N/NC(=O)CNc1ccc2ccccc2c1. The summed E-state index contributed by atoms with van der Waals surface area (Å²) < 4.78 is 10.7. The molecule has 0 saturated heterocycles. The van der Waals surface area contributed by atoms with Crippen LogP contribution in [0.25, 0.3) is 16.8 Å². The summed E-state index contributed by atoms with van der Waals surface area (Å²) in [5.41, 5.74) is 5.10. The van der Waals surface area contributed by atoms with Gasteiger partial charge in [-0.25, -0.2) is 5.43 Å². The van der Waals surface area contributed by atoms with Gasteiger partial charge in [0.25, 0.3) is 5.91 Å². The standard InChI is InChI=1S/C23H21N3O3/c1-16(6-7-17-8-11-21-22(12-17)29-15-28-21)25-26-23(27)14-24-20-10-9-18-4-2-3-5-19(18)13-20/h2-13,24H,14-15H2,1H3,(H,26,27)/b7-6+,25-16-. The van der Waals surface area contributed by atoms with Crippen LogP contribution in [0.2, 0.25) is 0 Å². The number of amides is 1. The molecule has 4 rings (SSSR count). The number of hydrogen-bond donors (Lipinski definition) is 2. The van der Waals surface area contributed by atoms with Crippen LogP contribution in [0.15, 0.2) is 71.8 Å². The lowest BCUT2D eigenvalue weighted by Crippen LogP contribution is -2.26. The summed E-state index contributed by atoms with van der Waals surface area (Å²) in [5.74, 6) is 1.27. The lowest BCUT2D eigenvalue weighted by molar-refractivity contribution is -0.119. The number of nitrogens with zero attached hydrogens (tertiary/aromatic N) is 1. The molecule has 0 spiro atoms. The van der Waals surface area contributed by atoms with Gasteiger partial charge in [-0.3, -0.25) is 4.79 Å². The highest BCUT2D eigenvalue weighted by atomic mass is 16.7. The number of anilines is 1. The van der Waals surface area contributed by atoms with Crippen molar-refractivity contribution >= 4 is 34.2 Å². The molecule has 146 valence electrons. The average molecular weight is 387 g/mol. The number of benzene rings is 3. The fourth-order valence-electron chi connectivity index (χ4n) is 2.94. The molecule has 0 aromatic heterocycles. The van der Waals surface area contributed by atoms with Gasteiger partial charge in [-0.05, 0) is 53.6 Å². The fourth-order valence-corrected chi connectivity index (χ4v) is 2.94. The topological polar surface area (TPSA) is 72.0 Å². The first-order valence-electron chi connectivity index (χ1n) is 9.31. The number of rotatable bonds is 6. The number of allylic oxidation sites excluding steroid dienone is 1. The summed E-state index contributed by atoms with van der Waals surface area (Å²) in [5, 5.41) is 9.51. The monoisotopic (exact) mass is 387 g/mol. The number of carbonyl (C=O) groups is 1. The van der Waals surface area contributed by atoms with Gasteiger partial charge >= 0.3 is 0 Å². The Hall–Kier alpha value is -3.80. The smallest absolute Gasteiger partial charge is 0.259 e. The van der Waals surface area contributed by atoms with Crippen molar-refractivity contribution in [1.82, 2.24) is 5.43 Å². The van der Waals surface area contributed by atoms with Crippen LogP contribution >= 0.6 is 0 Å². The van der Waals surface area contributed by atoms with Gasteiger partial charge in [-0.15, -0.1) is 0 Å². The molecule has 0 atom stereocenters. The van der Waals surface area contributed by atoms with E-state index in [4.69, 9.17) is 9.47 Å². The summed E-state index contributed by atoms with van der Waals surface area (Å²) in [4.78, 5) is 12.1. The second-order valence-electron chi connectivity index (χ2n) is 6.65. The summed E-state index contributed by atoms with van der Waals surface area (Å²) in [6.07, 6.45) is 3.73. The van der Waals surface area contributed by atoms with Gasteiger partial charge in [-0.1, -0.05) is 42.5 Å². The maximum Gasteiger partial charge on any atom is 0.259 e. The zero-order valence-electron chi connectivity index (χ0n) is 16.0. The van der Waals surface area contributed by atoms with Crippen LogP contribution < -0.4 is 20.2 Å². The van der Waals surface area contributed by atoms with E-state index in [1.807, 2.05) is 73.7 Å². The molecule has 3 aromatic carbocycles. The van der Waals surface area contributed by atoms with Crippen molar-refractivity contribution in [2.45, 2.75) is 6.92 Å². The molecule has 29 heavy (non-hydrogen) atoms. The van der Waals surface area contributed by atoms with Crippen molar-refractivity contribution < 1.29 is 14.3 Å². The molecule has 1 amide bonds. The lowest BCUT2D eigenvalue weighted by Gasteiger charge is -2.07. The second-order valence-corrected chi connectivity index (χ2v) is 6.65. The van der Waals surface area contributed by atoms with Crippen LogP contribution in [0, 0.1) is 0 Å². The van der Waals surface area contributed by atoms with Gasteiger partial charge in [0.05, 0.1) is 12.3 Å². The Balaban J connectivity index is 1.29. The van der Waals surface area contributed by atoms with Crippen LogP contribution in [0.1, 0.15) is 12.5 Å². The number of ether oxygens (including phenoxy) is 2. The predicted molar refractivity (Wildman–Crippen MR) is 115 cm³/mol. The predicted octanol–water partition coefficient (Wildman–Crippen LogP) is 4.19. The van der Waals surface area contributed by atoms with Crippen LogP contribution in [0.5, 0.6) is 11.5 Å². The maximum absolute atomic E-state index is 12.1. The van der Waals surface area contributed by atoms with Crippen molar-refractivity contribution in [3.63, 3.8) is 0 Å². The van der Waals surface area contributed by atoms with Crippen LogP contribution in [0.4, 0.5) is 5.69 Å². The summed E-state index contributed by atoms with van der Waals surface area (Å²) in [6, 6.07) is 19.8. The highest BCUT2D eigenvalue weighted by Gasteiger charge is 2.12. The van der Waals surface area contributed by atoms with Crippen LogP contribution in [0.3, 0.4) is 0 Å². The summed E-state index contributed by atoms with van der Waals surface area (Å²) in [6.45, 7) is 2.21. The van der Waals surface area contributed by atoms with Gasteiger partial charge in [0, 0.05) is 5.69 Å². The minimum absolute atomic E-state index is 0.140. The molecule has 6 heteroatoms. The molecule has 1 aliphatic heterocycles. The number of hydrazone groups is 1. The highest BCUT2D eigenvalue weighted by molar-refractivity contribution is 5.97. The van der Waals surface area contributed by atoms with Crippen molar-refractivity contribution in [1.29, 1.82) is 0 Å². The molecule has 6 nitrogen and oxygen atoms in total. The lowest BCUT2D eigenvalue weighted by atomic mass is 10.1. The number of hydrogen-bond acceptors (Lipinski definition) is 5. The van der Waals surface area contributed by atoms with Gasteiger partial charge in [0.15, 0.2) is 11.5 Å². The normalized spacial score (nSPS) is 13.1.